The third kappa shape index (κ3) is 2.26. The van der Waals surface area contributed by atoms with Gasteiger partial charge in [-0.2, -0.15) is 0 Å². The Morgan fingerprint density at radius 1 is 0.885 bits per heavy atom. The van der Waals surface area contributed by atoms with Crippen LogP contribution in [-0.2, 0) is 0 Å². The number of aliphatic hydroxyl groups excluding tert-OH is 1. The van der Waals surface area contributed by atoms with Crippen LogP contribution in [0.25, 0.3) is 5.57 Å². The summed E-state index contributed by atoms with van der Waals surface area (Å²) in [6, 6.07) is 11.1. The van der Waals surface area contributed by atoms with Crippen molar-refractivity contribution in [1.29, 1.82) is 0 Å². The molecule has 0 saturated heterocycles. The van der Waals surface area contributed by atoms with Crippen molar-refractivity contribution >= 4 is 5.57 Å². The molecule has 1 N–H and O–H groups in total. The molecule has 1 aromatic rings. The quantitative estimate of drug-likeness (QED) is 0.617. The topological polar surface area (TPSA) is 20.2 Å². The molecular formula is C25H32O. The first-order chi connectivity index (χ1) is 12.5. The van der Waals surface area contributed by atoms with Gasteiger partial charge in [0.25, 0.3) is 0 Å². The summed E-state index contributed by atoms with van der Waals surface area (Å²) in [5.74, 6) is 2.42. The van der Waals surface area contributed by atoms with Gasteiger partial charge in [-0.25, -0.2) is 0 Å². The lowest BCUT2D eigenvalue weighted by Crippen LogP contribution is -2.49. The highest BCUT2D eigenvalue weighted by Gasteiger charge is 2.56. The summed E-state index contributed by atoms with van der Waals surface area (Å²) in [5, 5.41) is 10.2. The van der Waals surface area contributed by atoms with Crippen molar-refractivity contribution in [2.24, 2.45) is 28.6 Å². The van der Waals surface area contributed by atoms with Gasteiger partial charge >= 0.3 is 0 Å². The molecule has 1 nitrogen and oxygen atoms in total. The minimum Gasteiger partial charge on any atom is -0.393 e. The Morgan fingerprint density at radius 2 is 1.65 bits per heavy atom. The number of fused-ring (bicyclic) bond motifs is 5. The van der Waals surface area contributed by atoms with Crippen LogP contribution < -0.4 is 0 Å². The zero-order valence-corrected chi connectivity index (χ0v) is 16.2. The standard InChI is InChI=1S/C25H32O/c1-24-14-12-19(26)16-18(24)8-9-20-22-11-10-21(17-6-4-3-5-7-17)25(22,2)15-13-23(20)24/h3-8,10,19-20,22-23,26H,9,11-16H2,1-2H3. The Balaban J connectivity index is 1.48. The van der Waals surface area contributed by atoms with E-state index in [2.05, 4.69) is 56.3 Å². The molecule has 26 heavy (non-hydrogen) atoms. The predicted octanol–water partition coefficient (Wildman–Crippen LogP) is 6.00. The maximum absolute atomic E-state index is 10.2. The lowest BCUT2D eigenvalue weighted by Gasteiger charge is -2.57. The van der Waals surface area contributed by atoms with Gasteiger partial charge in [0.2, 0.25) is 0 Å². The molecule has 6 atom stereocenters. The van der Waals surface area contributed by atoms with Crippen molar-refractivity contribution in [2.75, 3.05) is 0 Å². The van der Waals surface area contributed by atoms with Crippen LogP contribution >= 0.6 is 0 Å². The van der Waals surface area contributed by atoms with Crippen LogP contribution in [0, 0.1) is 28.6 Å². The van der Waals surface area contributed by atoms with Gasteiger partial charge in [0.05, 0.1) is 6.10 Å². The van der Waals surface area contributed by atoms with E-state index in [0.717, 1.165) is 30.6 Å². The van der Waals surface area contributed by atoms with Gasteiger partial charge in [-0.05, 0) is 84.7 Å². The summed E-state index contributed by atoms with van der Waals surface area (Å²) in [4.78, 5) is 0. The van der Waals surface area contributed by atoms with E-state index in [4.69, 9.17) is 0 Å². The Hall–Kier alpha value is -1.34. The molecule has 6 unspecified atom stereocenters. The first-order valence-corrected chi connectivity index (χ1v) is 10.7. The molecule has 4 aliphatic rings. The van der Waals surface area contributed by atoms with Gasteiger partial charge in [0.1, 0.15) is 0 Å². The van der Waals surface area contributed by atoms with Gasteiger partial charge < -0.3 is 5.11 Å². The Kier molecular flexibility index (Phi) is 3.77. The van der Waals surface area contributed by atoms with Crippen LogP contribution in [0.15, 0.2) is 48.1 Å². The summed E-state index contributed by atoms with van der Waals surface area (Å²) in [6.45, 7) is 5.07. The number of hydrogen-bond acceptors (Lipinski definition) is 1. The highest BCUT2D eigenvalue weighted by atomic mass is 16.3. The van der Waals surface area contributed by atoms with Crippen molar-refractivity contribution in [3.05, 3.63) is 53.6 Å². The fraction of sp³-hybridized carbons (Fsp3) is 0.600. The van der Waals surface area contributed by atoms with E-state index in [1.54, 1.807) is 11.1 Å². The molecule has 0 heterocycles. The average molecular weight is 349 g/mol. The number of benzene rings is 1. The van der Waals surface area contributed by atoms with Crippen molar-refractivity contribution in [2.45, 2.75) is 64.9 Å². The molecule has 0 bridgehead atoms. The van der Waals surface area contributed by atoms with Gasteiger partial charge in [0, 0.05) is 0 Å². The molecule has 0 spiro atoms. The molecule has 0 radical (unpaired) electrons. The van der Waals surface area contributed by atoms with Crippen LogP contribution in [-0.4, -0.2) is 11.2 Å². The number of aliphatic hydroxyl groups is 1. The summed E-state index contributed by atoms with van der Waals surface area (Å²) < 4.78 is 0. The number of hydrogen-bond donors (Lipinski definition) is 1. The van der Waals surface area contributed by atoms with Gasteiger partial charge in [0.15, 0.2) is 0 Å². The van der Waals surface area contributed by atoms with Gasteiger partial charge in [-0.1, -0.05) is 61.9 Å². The lowest BCUT2D eigenvalue weighted by atomic mass is 9.47. The first-order valence-electron chi connectivity index (χ1n) is 10.7. The van der Waals surface area contributed by atoms with Crippen LogP contribution in [0.1, 0.15) is 64.4 Å². The summed E-state index contributed by atoms with van der Waals surface area (Å²) >= 11 is 0. The molecule has 2 fully saturated rings. The maximum Gasteiger partial charge on any atom is 0.0577 e. The summed E-state index contributed by atoms with van der Waals surface area (Å²) in [7, 11) is 0. The van der Waals surface area contributed by atoms with Crippen molar-refractivity contribution in [1.82, 2.24) is 0 Å². The van der Waals surface area contributed by atoms with Crippen LogP contribution in [0.3, 0.4) is 0 Å². The highest BCUT2D eigenvalue weighted by Crippen LogP contribution is 2.66. The van der Waals surface area contributed by atoms with E-state index in [9.17, 15) is 5.11 Å². The maximum atomic E-state index is 10.2. The van der Waals surface area contributed by atoms with E-state index in [1.807, 2.05) is 0 Å². The highest BCUT2D eigenvalue weighted by molar-refractivity contribution is 5.72. The Labute approximate surface area is 158 Å². The minimum absolute atomic E-state index is 0.0995. The number of rotatable bonds is 1. The largest absolute Gasteiger partial charge is 0.393 e. The van der Waals surface area contributed by atoms with Crippen molar-refractivity contribution in [3.63, 3.8) is 0 Å². The molecule has 138 valence electrons. The normalized spacial score (nSPS) is 44.4. The second-order valence-electron chi connectivity index (χ2n) is 9.83. The van der Waals surface area contributed by atoms with E-state index >= 15 is 0 Å². The molecule has 0 aromatic heterocycles. The lowest BCUT2D eigenvalue weighted by molar-refractivity contribution is -0.0238. The van der Waals surface area contributed by atoms with Crippen molar-refractivity contribution < 1.29 is 5.11 Å². The molecule has 0 amide bonds. The molecule has 1 aromatic carbocycles. The van der Waals surface area contributed by atoms with Gasteiger partial charge in [-0.3, -0.25) is 0 Å². The predicted molar refractivity (Wildman–Crippen MR) is 108 cm³/mol. The fourth-order valence-electron chi connectivity index (χ4n) is 7.27. The third-order valence-electron chi connectivity index (χ3n) is 8.74. The smallest absolute Gasteiger partial charge is 0.0577 e. The van der Waals surface area contributed by atoms with E-state index < -0.39 is 0 Å². The average Bonchev–Trinajstić information content (AvgIpc) is 3.00. The van der Waals surface area contributed by atoms with E-state index in [-0.39, 0.29) is 6.10 Å². The Morgan fingerprint density at radius 3 is 2.46 bits per heavy atom. The zero-order valence-electron chi connectivity index (χ0n) is 16.2. The summed E-state index contributed by atoms with van der Waals surface area (Å²) in [6.07, 6.45) is 13.3. The van der Waals surface area contributed by atoms with Crippen LogP contribution in [0.2, 0.25) is 0 Å². The third-order valence-corrected chi connectivity index (χ3v) is 8.74. The minimum atomic E-state index is -0.0995. The van der Waals surface area contributed by atoms with Crippen LogP contribution in [0.5, 0.6) is 0 Å². The summed E-state index contributed by atoms with van der Waals surface area (Å²) in [5.41, 5.74) is 5.32. The second kappa shape index (κ2) is 5.83. The molecule has 4 aliphatic carbocycles. The second-order valence-corrected chi connectivity index (χ2v) is 9.83. The first kappa shape index (κ1) is 16.8. The number of allylic oxidation sites excluding steroid dienone is 3. The van der Waals surface area contributed by atoms with Crippen LogP contribution in [0.4, 0.5) is 0 Å². The fourth-order valence-corrected chi connectivity index (χ4v) is 7.27. The molecule has 5 rings (SSSR count). The SMILES string of the molecule is CC12CCC(O)CC1=CCC1C2CCC2(C)C(c3ccccc3)=CCC12. The van der Waals surface area contributed by atoms with E-state index in [0.29, 0.717) is 10.8 Å². The zero-order chi connectivity index (χ0) is 17.9. The monoisotopic (exact) mass is 348 g/mol. The molecule has 1 heteroatoms. The van der Waals surface area contributed by atoms with Crippen molar-refractivity contribution in [3.8, 4) is 0 Å². The van der Waals surface area contributed by atoms with E-state index in [1.165, 1.54) is 37.7 Å². The molecule has 0 aliphatic heterocycles. The molecule has 2 saturated carbocycles. The Bertz CT molecular complexity index is 760. The van der Waals surface area contributed by atoms with Gasteiger partial charge in [-0.15, -0.1) is 0 Å². The molecular weight excluding hydrogens is 316 g/mol.